The van der Waals surface area contributed by atoms with Crippen LogP contribution >= 0.6 is 11.3 Å². The highest BCUT2D eigenvalue weighted by molar-refractivity contribution is 7.13. The van der Waals surface area contributed by atoms with Gasteiger partial charge in [-0.25, -0.2) is 9.78 Å². The first-order chi connectivity index (χ1) is 12.0. The Bertz CT molecular complexity index is 808. The van der Waals surface area contributed by atoms with Gasteiger partial charge in [0.25, 0.3) is 5.91 Å². The molecule has 128 valence electrons. The van der Waals surface area contributed by atoms with Crippen LogP contribution in [0, 0.1) is 11.3 Å². The number of amides is 1. The van der Waals surface area contributed by atoms with Crippen LogP contribution in [0.4, 0.5) is 10.8 Å². The van der Waals surface area contributed by atoms with Gasteiger partial charge in [0.05, 0.1) is 11.6 Å². The number of aromatic nitrogens is 1. The first kappa shape index (κ1) is 18.2. The fraction of sp³-hybridized carbons (Fsp3) is 0.176. The van der Waals surface area contributed by atoms with Crippen LogP contribution in [0.2, 0.25) is 0 Å². The first-order valence-electron chi connectivity index (χ1n) is 7.35. The second kappa shape index (κ2) is 8.61. The van der Waals surface area contributed by atoms with E-state index in [9.17, 15) is 9.59 Å². The molecule has 2 aromatic rings. The minimum atomic E-state index is -0.991. The lowest BCUT2D eigenvalue weighted by atomic mass is 10.2. The van der Waals surface area contributed by atoms with Crippen molar-refractivity contribution in [2.75, 3.05) is 17.2 Å². The minimum absolute atomic E-state index is 0.134. The molecule has 0 spiro atoms. The van der Waals surface area contributed by atoms with Crippen LogP contribution in [-0.2, 0) is 9.53 Å². The molecule has 0 aliphatic rings. The van der Waals surface area contributed by atoms with Crippen molar-refractivity contribution in [3.05, 3.63) is 53.6 Å². The van der Waals surface area contributed by atoms with E-state index in [2.05, 4.69) is 22.2 Å². The highest BCUT2D eigenvalue weighted by atomic mass is 32.1. The quantitative estimate of drug-likeness (QED) is 0.584. The summed E-state index contributed by atoms with van der Waals surface area (Å²) in [5.41, 5.74) is 1.13. The number of nitrogens with zero attached hydrogens (tertiary/aromatic N) is 2. The van der Waals surface area contributed by atoms with Crippen molar-refractivity contribution in [2.24, 2.45) is 0 Å². The highest BCUT2D eigenvalue weighted by Gasteiger charge is 2.21. The van der Waals surface area contributed by atoms with Gasteiger partial charge in [-0.3, -0.25) is 4.79 Å². The Hall–Kier alpha value is -3.18. The van der Waals surface area contributed by atoms with Gasteiger partial charge in [0, 0.05) is 17.6 Å². The first-order valence-corrected chi connectivity index (χ1v) is 8.23. The van der Waals surface area contributed by atoms with Crippen molar-refractivity contribution in [3.63, 3.8) is 0 Å². The van der Waals surface area contributed by atoms with Gasteiger partial charge in [0.15, 0.2) is 16.9 Å². The molecular weight excluding hydrogens is 340 g/mol. The molecule has 0 unspecified atom stereocenters. The third-order valence-electron chi connectivity index (χ3n) is 3.05. The fourth-order valence-corrected chi connectivity index (χ4v) is 2.44. The summed E-state index contributed by atoms with van der Waals surface area (Å²) in [6.45, 7) is 5.59. The second-order valence-corrected chi connectivity index (χ2v) is 5.79. The monoisotopic (exact) mass is 356 g/mol. The van der Waals surface area contributed by atoms with Crippen molar-refractivity contribution >= 4 is 34.0 Å². The van der Waals surface area contributed by atoms with E-state index in [0.29, 0.717) is 22.9 Å². The number of carbonyl (C=O) groups is 2. The Labute approximate surface area is 149 Å². The van der Waals surface area contributed by atoms with Crippen LogP contribution in [0.3, 0.4) is 0 Å². The molecule has 0 saturated carbocycles. The van der Waals surface area contributed by atoms with Crippen LogP contribution in [0.15, 0.2) is 42.3 Å². The summed E-state index contributed by atoms with van der Waals surface area (Å²) in [4.78, 5) is 28.2. The fourth-order valence-electron chi connectivity index (χ4n) is 1.75. The molecule has 0 aliphatic heterocycles. The molecule has 0 fully saturated rings. The van der Waals surface area contributed by atoms with Crippen LogP contribution in [0.5, 0.6) is 0 Å². The number of rotatable bonds is 7. The maximum absolute atomic E-state index is 12.1. The zero-order chi connectivity index (χ0) is 18.2. The van der Waals surface area contributed by atoms with Gasteiger partial charge in [-0.15, -0.1) is 17.9 Å². The van der Waals surface area contributed by atoms with Crippen molar-refractivity contribution in [1.82, 2.24) is 4.98 Å². The van der Waals surface area contributed by atoms with E-state index in [1.165, 1.54) is 18.3 Å². The predicted molar refractivity (Wildman–Crippen MR) is 95.5 cm³/mol. The van der Waals surface area contributed by atoms with Gasteiger partial charge < -0.3 is 15.4 Å². The number of esters is 1. The molecule has 8 heteroatoms. The van der Waals surface area contributed by atoms with E-state index in [1.54, 1.807) is 35.7 Å². The van der Waals surface area contributed by atoms with Crippen LogP contribution in [-0.4, -0.2) is 29.5 Å². The van der Waals surface area contributed by atoms with Gasteiger partial charge in [-0.2, -0.15) is 5.26 Å². The number of hydrogen-bond donors (Lipinski definition) is 2. The zero-order valence-corrected chi connectivity index (χ0v) is 14.3. The van der Waals surface area contributed by atoms with Gasteiger partial charge in [0.2, 0.25) is 0 Å². The molecule has 25 heavy (non-hydrogen) atoms. The molecule has 0 saturated heterocycles. The summed E-state index contributed by atoms with van der Waals surface area (Å²) < 4.78 is 5.13. The largest absolute Gasteiger partial charge is 0.448 e. The molecule has 2 N–H and O–H groups in total. The summed E-state index contributed by atoms with van der Waals surface area (Å²) in [6, 6.07) is 8.36. The zero-order valence-electron chi connectivity index (χ0n) is 13.5. The number of benzene rings is 1. The Morgan fingerprint density at radius 1 is 1.44 bits per heavy atom. The number of hydrogen-bond acceptors (Lipinski definition) is 7. The summed E-state index contributed by atoms with van der Waals surface area (Å²) >= 11 is 1.26. The van der Waals surface area contributed by atoms with Crippen LogP contribution < -0.4 is 10.6 Å². The topological polar surface area (TPSA) is 104 Å². The van der Waals surface area contributed by atoms with Gasteiger partial charge in [-0.05, 0) is 31.2 Å². The van der Waals surface area contributed by atoms with Crippen molar-refractivity contribution in [1.29, 1.82) is 5.26 Å². The van der Waals surface area contributed by atoms with Gasteiger partial charge >= 0.3 is 5.97 Å². The Morgan fingerprint density at radius 2 is 2.16 bits per heavy atom. The smallest absolute Gasteiger partial charge is 0.358 e. The van der Waals surface area contributed by atoms with Crippen molar-refractivity contribution in [2.45, 2.75) is 13.0 Å². The number of nitrogens with one attached hydrogen (secondary N) is 2. The molecule has 0 radical (unpaired) electrons. The number of ether oxygens (including phenoxy) is 1. The normalized spacial score (nSPS) is 11.0. The highest BCUT2D eigenvalue weighted by Crippen LogP contribution is 2.17. The molecule has 1 atom stereocenters. The van der Waals surface area contributed by atoms with Crippen molar-refractivity contribution in [3.8, 4) is 6.07 Å². The minimum Gasteiger partial charge on any atom is -0.448 e. The summed E-state index contributed by atoms with van der Waals surface area (Å²) in [5, 5.41) is 16.5. The van der Waals surface area contributed by atoms with Gasteiger partial charge in [0.1, 0.15) is 0 Å². The average Bonchev–Trinajstić information content (AvgIpc) is 3.09. The number of carbonyl (C=O) groups excluding carboxylic acids is 2. The van der Waals surface area contributed by atoms with E-state index in [1.807, 2.05) is 6.07 Å². The van der Waals surface area contributed by atoms with E-state index in [-0.39, 0.29) is 5.69 Å². The molecule has 1 amide bonds. The molecule has 2 rings (SSSR count). The maximum atomic E-state index is 12.1. The van der Waals surface area contributed by atoms with Crippen LogP contribution in [0.1, 0.15) is 23.0 Å². The Morgan fingerprint density at radius 3 is 2.80 bits per heavy atom. The molecule has 1 heterocycles. The standard InChI is InChI=1S/C17H16N4O3S/c1-3-8-19-17-21-14(10-25-17)16(23)24-11(2)15(22)20-13-6-4-12(9-18)5-7-13/h3-7,10-11H,1,8H2,2H3,(H,19,21)(H,20,22)/t11-/m1/s1. The number of nitriles is 1. The Balaban J connectivity index is 1.91. The molecule has 1 aromatic heterocycles. The average molecular weight is 356 g/mol. The van der Waals surface area contributed by atoms with E-state index in [0.717, 1.165) is 0 Å². The second-order valence-electron chi connectivity index (χ2n) is 4.93. The van der Waals surface area contributed by atoms with E-state index in [4.69, 9.17) is 10.00 Å². The van der Waals surface area contributed by atoms with E-state index >= 15 is 0 Å². The van der Waals surface area contributed by atoms with Gasteiger partial charge in [-0.1, -0.05) is 6.08 Å². The summed E-state index contributed by atoms with van der Waals surface area (Å²) in [6.07, 6.45) is 0.684. The molecular formula is C17H16N4O3S. The summed E-state index contributed by atoms with van der Waals surface area (Å²) in [5.74, 6) is -1.15. The lowest BCUT2D eigenvalue weighted by molar-refractivity contribution is -0.123. The third-order valence-corrected chi connectivity index (χ3v) is 3.85. The van der Waals surface area contributed by atoms with Crippen molar-refractivity contribution < 1.29 is 14.3 Å². The maximum Gasteiger partial charge on any atom is 0.358 e. The lowest BCUT2D eigenvalue weighted by Gasteiger charge is -2.12. The SMILES string of the molecule is C=CCNc1nc(C(=O)O[C@H](C)C(=O)Nc2ccc(C#N)cc2)cs1. The van der Waals surface area contributed by atoms with Crippen LogP contribution in [0.25, 0.3) is 0 Å². The third kappa shape index (κ3) is 5.16. The summed E-state index contributed by atoms with van der Waals surface area (Å²) in [7, 11) is 0. The predicted octanol–water partition coefficient (Wildman–Crippen LogP) is 2.80. The number of thiazole rings is 1. The molecule has 0 bridgehead atoms. The molecule has 1 aromatic carbocycles. The molecule has 0 aliphatic carbocycles. The number of anilines is 2. The molecule has 7 nitrogen and oxygen atoms in total. The van der Waals surface area contributed by atoms with E-state index < -0.39 is 18.0 Å². The Kier molecular flexibility index (Phi) is 6.26. The lowest BCUT2D eigenvalue weighted by Crippen LogP contribution is -2.30.